The molecule has 1 atom stereocenters. The van der Waals surface area contributed by atoms with Crippen molar-refractivity contribution < 1.29 is 44.7 Å². The van der Waals surface area contributed by atoms with Crippen LogP contribution in [0, 0.1) is 18.6 Å². The number of anilines is 1. The van der Waals surface area contributed by atoms with Gasteiger partial charge in [-0.05, 0) is 60.5 Å². The van der Waals surface area contributed by atoms with Crippen LogP contribution < -0.4 is 19.7 Å². The van der Waals surface area contributed by atoms with Crippen molar-refractivity contribution in [3.63, 3.8) is 0 Å². The Morgan fingerprint density at radius 2 is 1.56 bits per heavy atom. The van der Waals surface area contributed by atoms with Crippen LogP contribution in [0.25, 0.3) is 0 Å². The van der Waals surface area contributed by atoms with Crippen LogP contribution in [0.5, 0.6) is 5.75 Å². The predicted molar refractivity (Wildman–Crippen MR) is 130 cm³/mol. The average Bonchev–Trinajstić information content (AvgIpc) is 2.81. The van der Waals surface area contributed by atoms with Crippen molar-refractivity contribution in [1.29, 1.82) is 0 Å². The largest absolute Gasteiger partial charge is 0.573 e. The summed E-state index contributed by atoms with van der Waals surface area (Å²) in [5.41, 5.74) is 0.397. The van der Waals surface area contributed by atoms with Gasteiger partial charge in [0.25, 0.3) is 10.0 Å². The van der Waals surface area contributed by atoms with Crippen molar-refractivity contribution in [3.05, 3.63) is 89.5 Å². The van der Waals surface area contributed by atoms with Crippen molar-refractivity contribution in [2.24, 2.45) is 0 Å². The number of rotatable bonds is 8. The summed E-state index contributed by atoms with van der Waals surface area (Å²) in [4.78, 5) is 26.7. The molecule has 0 saturated carbocycles. The maximum atomic E-state index is 13.8. The van der Waals surface area contributed by atoms with Crippen LogP contribution >= 0.6 is 0 Å². The van der Waals surface area contributed by atoms with E-state index in [-0.39, 0.29) is 16.1 Å². The van der Waals surface area contributed by atoms with E-state index in [1.807, 2.05) is 0 Å². The van der Waals surface area contributed by atoms with E-state index < -0.39 is 58.2 Å². The molecule has 0 aliphatic carbocycles. The van der Waals surface area contributed by atoms with E-state index in [2.05, 4.69) is 10.1 Å². The normalized spacial score (nSPS) is 12.4. The highest BCUT2D eigenvalue weighted by Crippen LogP contribution is 2.25. The molecule has 0 aliphatic rings. The van der Waals surface area contributed by atoms with Gasteiger partial charge in [0.05, 0.1) is 4.90 Å². The number of ether oxygens (including phenoxy) is 1. The molecule has 0 fully saturated rings. The first-order valence-electron chi connectivity index (χ1n) is 11.1. The maximum Gasteiger partial charge on any atom is 0.573 e. The van der Waals surface area contributed by atoms with E-state index in [0.29, 0.717) is 11.6 Å². The van der Waals surface area contributed by atoms with Crippen LogP contribution in [0.4, 0.5) is 32.4 Å². The summed E-state index contributed by atoms with van der Waals surface area (Å²) in [6.07, 6.45) is -5.38. The van der Waals surface area contributed by atoms with Gasteiger partial charge in [0, 0.05) is 25.2 Å². The molecule has 14 heteroatoms. The Bertz CT molecular complexity index is 1440. The number of likely N-dealkylation sites (N-methyl/N-ethyl adjacent to an activating group) is 1. The zero-order valence-corrected chi connectivity index (χ0v) is 21.2. The lowest BCUT2D eigenvalue weighted by Gasteiger charge is -2.25. The Balaban J connectivity index is 1.85. The highest BCUT2D eigenvalue weighted by atomic mass is 32.2. The van der Waals surface area contributed by atoms with Gasteiger partial charge in [-0.2, -0.15) is 0 Å². The fourth-order valence-electron chi connectivity index (χ4n) is 3.62. The van der Waals surface area contributed by atoms with Crippen LogP contribution in [0.15, 0.2) is 71.6 Å². The molecule has 3 aromatic rings. The molecule has 3 rings (SSSR count). The van der Waals surface area contributed by atoms with Gasteiger partial charge in [-0.1, -0.05) is 18.2 Å². The molecule has 0 saturated heterocycles. The van der Waals surface area contributed by atoms with E-state index >= 15 is 0 Å². The Hall–Kier alpha value is -4.20. The lowest BCUT2D eigenvalue weighted by molar-refractivity contribution is -0.274. The van der Waals surface area contributed by atoms with Crippen molar-refractivity contribution in [2.45, 2.75) is 30.6 Å². The molecule has 3 amide bonds. The van der Waals surface area contributed by atoms with Gasteiger partial charge < -0.3 is 15.0 Å². The number of carbonyl (C=O) groups is 2. The smallest absolute Gasteiger partial charge is 0.406 e. The van der Waals surface area contributed by atoms with Crippen molar-refractivity contribution >= 4 is 27.6 Å². The number of nitrogens with zero attached hydrogens (tertiary/aromatic N) is 1. The minimum atomic E-state index is -4.93. The third-order valence-corrected chi connectivity index (χ3v) is 6.86. The Morgan fingerprint density at radius 3 is 2.13 bits per heavy atom. The van der Waals surface area contributed by atoms with Gasteiger partial charge in [0.1, 0.15) is 23.4 Å². The SMILES string of the molecule is Cc1ccccc1S(=O)(=O)NC(=O)NC(Cc1cc(F)cc(F)c1)C(=O)N(C)c1ccc(OC(F)(F)F)cc1. The standard InChI is InChI=1S/C25H22F5N3O5S/c1-15-5-3-4-6-22(15)39(36,37)32-24(35)31-21(13-16-11-17(26)14-18(27)12-16)23(34)33(2)19-7-9-20(10-8-19)38-25(28,29)30/h3-12,14,21H,13H2,1-2H3,(H2,31,32,35). The predicted octanol–water partition coefficient (Wildman–Crippen LogP) is 4.43. The fourth-order valence-corrected chi connectivity index (χ4v) is 4.78. The van der Waals surface area contributed by atoms with Gasteiger partial charge in [-0.15, -0.1) is 13.2 Å². The number of hydrogen-bond donors (Lipinski definition) is 2. The minimum absolute atomic E-state index is 0.0322. The second kappa shape index (κ2) is 11.7. The second-order valence-corrected chi connectivity index (χ2v) is 9.97. The van der Waals surface area contributed by atoms with Gasteiger partial charge in [-0.25, -0.2) is 26.7 Å². The molecule has 1 unspecified atom stereocenters. The molecule has 0 aromatic heterocycles. The average molecular weight is 572 g/mol. The fraction of sp³-hybridized carbons (Fsp3) is 0.200. The highest BCUT2D eigenvalue weighted by molar-refractivity contribution is 7.90. The monoisotopic (exact) mass is 571 g/mol. The molecular weight excluding hydrogens is 549 g/mol. The number of halogens is 5. The molecule has 3 aromatic carbocycles. The lowest BCUT2D eigenvalue weighted by atomic mass is 10.0. The van der Waals surface area contributed by atoms with E-state index in [1.54, 1.807) is 10.8 Å². The number of urea groups is 1. The third-order valence-electron chi connectivity index (χ3n) is 5.36. The first kappa shape index (κ1) is 29.4. The topological polar surface area (TPSA) is 105 Å². The van der Waals surface area contributed by atoms with E-state index in [4.69, 9.17) is 0 Å². The number of hydrogen-bond acceptors (Lipinski definition) is 5. The van der Waals surface area contributed by atoms with Gasteiger partial charge in [-0.3, -0.25) is 4.79 Å². The number of alkyl halides is 3. The zero-order chi connectivity index (χ0) is 29.0. The van der Waals surface area contributed by atoms with E-state index in [9.17, 15) is 40.0 Å². The van der Waals surface area contributed by atoms with Crippen molar-refractivity contribution in [2.75, 3.05) is 11.9 Å². The Labute approximate surface area is 220 Å². The molecule has 2 N–H and O–H groups in total. The number of amides is 3. The van der Waals surface area contributed by atoms with Gasteiger partial charge in [0.15, 0.2) is 0 Å². The summed E-state index contributed by atoms with van der Waals surface area (Å²) in [5, 5.41) is 2.20. The number of sulfonamides is 1. The summed E-state index contributed by atoms with van der Waals surface area (Å²) in [7, 11) is -3.11. The first-order valence-corrected chi connectivity index (χ1v) is 12.6. The van der Waals surface area contributed by atoms with E-state index in [0.717, 1.165) is 41.3 Å². The lowest BCUT2D eigenvalue weighted by Crippen LogP contribution is -2.52. The molecule has 0 radical (unpaired) electrons. The molecule has 39 heavy (non-hydrogen) atoms. The molecule has 208 valence electrons. The van der Waals surface area contributed by atoms with Crippen LogP contribution in [0.3, 0.4) is 0 Å². The number of benzene rings is 3. The quantitative estimate of drug-likeness (QED) is 0.390. The second-order valence-electron chi connectivity index (χ2n) is 8.32. The Kier molecular flexibility index (Phi) is 8.79. The Morgan fingerprint density at radius 1 is 0.974 bits per heavy atom. The molecular formula is C25H22F5N3O5S. The number of nitrogens with one attached hydrogen (secondary N) is 2. The minimum Gasteiger partial charge on any atom is -0.406 e. The van der Waals surface area contributed by atoms with Crippen LogP contribution in [0.1, 0.15) is 11.1 Å². The van der Waals surface area contributed by atoms with E-state index in [1.165, 1.54) is 32.2 Å². The van der Waals surface area contributed by atoms with Crippen molar-refractivity contribution in [1.82, 2.24) is 10.0 Å². The van der Waals surface area contributed by atoms with Crippen LogP contribution in [-0.2, 0) is 21.2 Å². The summed E-state index contributed by atoms with van der Waals surface area (Å²) < 4.78 is 95.8. The molecule has 0 spiro atoms. The molecule has 0 heterocycles. The zero-order valence-electron chi connectivity index (χ0n) is 20.4. The summed E-state index contributed by atoms with van der Waals surface area (Å²) in [6.45, 7) is 1.51. The molecule has 0 aliphatic heterocycles. The first-order chi connectivity index (χ1) is 18.1. The maximum absolute atomic E-state index is 13.8. The number of aryl methyl sites for hydroxylation is 1. The number of carbonyl (C=O) groups excluding carboxylic acids is 2. The van der Waals surface area contributed by atoms with Gasteiger partial charge >= 0.3 is 12.4 Å². The third kappa shape index (κ3) is 8.14. The summed E-state index contributed by atoms with van der Waals surface area (Å²) in [6, 6.07) is 9.63. The van der Waals surface area contributed by atoms with Gasteiger partial charge in [0.2, 0.25) is 5.91 Å². The highest BCUT2D eigenvalue weighted by Gasteiger charge is 2.31. The van der Waals surface area contributed by atoms with Crippen molar-refractivity contribution in [3.8, 4) is 5.75 Å². The summed E-state index contributed by atoms with van der Waals surface area (Å²) in [5.74, 6) is -3.31. The summed E-state index contributed by atoms with van der Waals surface area (Å²) >= 11 is 0. The van der Waals surface area contributed by atoms with Crippen LogP contribution in [0.2, 0.25) is 0 Å². The molecule has 0 bridgehead atoms. The molecule has 8 nitrogen and oxygen atoms in total. The van der Waals surface area contributed by atoms with Crippen LogP contribution in [-0.4, -0.2) is 39.8 Å².